The summed E-state index contributed by atoms with van der Waals surface area (Å²) < 4.78 is 5.41. The molecule has 0 aliphatic heterocycles. The van der Waals surface area contributed by atoms with Gasteiger partial charge < -0.3 is 14.7 Å². The predicted octanol–water partition coefficient (Wildman–Crippen LogP) is 2.62. The van der Waals surface area contributed by atoms with Crippen LogP contribution in [0.5, 0.6) is 0 Å². The van der Waals surface area contributed by atoms with Crippen molar-refractivity contribution in [1.82, 2.24) is 10.3 Å². The minimum Gasteiger partial charge on any atom is -0.464 e. The Morgan fingerprint density at radius 2 is 2.11 bits per heavy atom. The maximum absolute atomic E-state index is 11.9. The van der Waals surface area contributed by atoms with Gasteiger partial charge >= 0.3 is 0 Å². The van der Waals surface area contributed by atoms with Gasteiger partial charge in [-0.3, -0.25) is 4.79 Å². The van der Waals surface area contributed by atoms with E-state index < -0.39 is 0 Å². The highest BCUT2D eigenvalue weighted by Gasteiger charge is 2.09. The summed E-state index contributed by atoms with van der Waals surface area (Å²) in [6, 6.07) is 11.6. The van der Waals surface area contributed by atoms with Gasteiger partial charge in [-0.05, 0) is 18.2 Å². The van der Waals surface area contributed by atoms with Crippen LogP contribution in [0.15, 0.2) is 53.3 Å². The third kappa shape index (κ3) is 2.52. The van der Waals surface area contributed by atoms with E-state index >= 15 is 0 Å². The van der Waals surface area contributed by atoms with Gasteiger partial charge in [0.15, 0.2) is 0 Å². The topological polar surface area (TPSA) is 58.0 Å². The molecule has 3 rings (SSSR count). The molecule has 0 aliphatic rings. The van der Waals surface area contributed by atoms with Crippen LogP contribution in [0, 0.1) is 0 Å². The van der Waals surface area contributed by atoms with Crippen LogP contribution in [0.4, 0.5) is 0 Å². The van der Waals surface area contributed by atoms with Crippen LogP contribution >= 0.6 is 0 Å². The molecular weight excluding hydrogens is 240 g/mol. The molecule has 0 bridgehead atoms. The van der Waals surface area contributed by atoms with Gasteiger partial charge in [0.25, 0.3) is 0 Å². The maximum Gasteiger partial charge on any atom is 0.224 e. The summed E-state index contributed by atoms with van der Waals surface area (Å²) in [5, 5.41) is 3.87. The zero-order chi connectivity index (χ0) is 13.1. The summed E-state index contributed by atoms with van der Waals surface area (Å²) in [5.74, 6) is -0.0128. The first-order valence-corrected chi connectivity index (χ1v) is 6.17. The quantitative estimate of drug-likeness (QED) is 0.752. The van der Waals surface area contributed by atoms with E-state index in [0.717, 1.165) is 22.2 Å². The first-order valence-electron chi connectivity index (χ1n) is 6.17. The van der Waals surface area contributed by atoms with Crippen LogP contribution in [0.3, 0.4) is 0 Å². The molecule has 2 N–H and O–H groups in total. The highest BCUT2D eigenvalue weighted by Crippen LogP contribution is 2.20. The fourth-order valence-electron chi connectivity index (χ4n) is 2.08. The molecule has 0 fully saturated rings. The molecule has 2 heterocycles. The average molecular weight is 254 g/mol. The van der Waals surface area contributed by atoms with E-state index in [9.17, 15) is 4.79 Å². The lowest BCUT2D eigenvalue weighted by molar-refractivity contribution is -0.120. The summed E-state index contributed by atoms with van der Waals surface area (Å²) in [6.07, 6.45) is 3.82. The number of carbonyl (C=O) groups is 1. The molecule has 1 aromatic carbocycles. The monoisotopic (exact) mass is 254 g/mol. The third-order valence-corrected chi connectivity index (χ3v) is 3.05. The number of nitrogens with one attached hydrogen (secondary N) is 2. The molecule has 0 aliphatic carbocycles. The fourth-order valence-corrected chi connectivity index (χ4v) is 2.08. The van der Waals surface area contributed by atoms with Crippen molar-refractivity contribution in [3.63, 3.8) is 0 Å². The van der Waals surface area contributed by atoms with E-state index in [0.29, 0.717) is 13.0 Å². The Bertz CT molecular complexity index is 683. The summed E-state index contributed by atoms with van der Waals surface area (Å²) in [6.45, 7) is 0.515. The van der Waals surface area contributed by atoms with Crippen molar-refractivity contribution >= 4 is 16.9 Å². The summed E-state index contributed by atoms with van der Waals surface area (Å²) in [5.41, 5.74) is 2.72. The lowest BCUT2D eigenvalue weighted by Crippen LogP contribution is -2.24. The predicted molar refractivity (Wildman–Crippen MR) is 72.6 cm³/mol. The number of carbonyl (C=O) groups excluding carboxylic acids is 1. The molecular formula is C15H14N2O2. The number of aromatic nitrogens is 1. The highest BCUT2D eigenvalue weighted by atomic mass is 16.3. The van der Waals surface area contributed by atoms with Crippen LogP contribution in [-0.4, -0.2) is 10.9 Å². The molecule has 0 unspecified atom stereocenters. The van der Waals surface area contributed by atoms with Gasteiger partial charge in [0.05, 0.1) is 19.2 Å². The summed E-state index contributed by atoms with van der Waals surface area (Å²) in [4.78, 5) is 14.9. The molecule has 4 heteroatoms. The second kappa shape index (κ2) is 5.02. The van der Waals surface area contributed by atoms with E-state index in [-0.39, 0.29) is 5.91 Å². The Kier molecular flexibility index (Phi) is 3.06. The van der Waals surface area contributed by atoms with Gasteiger partial charge in [-0.2, -0.15) is 0 Å². The molecule has 0 radical (unpaired) electrons. The van der Waals surface area contributed by atoms with Gasteiger partial charge in [-0.15, -0.1) is 0 Å². The third-order valence-electron chi connectivity index (χ3n) is 3.05. The van der Waals surface area contributed by atoms with E-state index in [1.54, 1.807) is 6.26 Å². The first kappa shape index (κ1) is 11.6. The molecule has 0 saturated carbocycles. The lowest BCUT2D eigenvalue weighted by atomic mass is 10.1. The Balaban J connectivity index is 1.66. The fraction of sp³-hybridized carbons (Fsp3) is 0.133. The van der Waals surface area contributed by atoms with E-state index in [4.69, 9.17) is 4.42 Å². The van der Waals surface area contributed by atoms with Crippen molar-refractivity contribution in [2.45, 2.75) is 13.0 Å². The number of furan rings is 1. The molecule has 0 spiro atoms. The molecule has 4 nitrogen and oxygen atoms in total. The molecule has 19 heavy (non-hydrogen) atoms. The minimum atomic E-state index is -0.0128. The smallest absolute Gasteiger partial charge is 0.224 e. The first-order chi connectivity index (χ1) is 9.33. The molecule has 1 amide bonds. The number of amides is 1. The zero-order valence-electron chi connectivity index (χ0n) is 10.3. The summed E-state index contributed by atoms with van der Waals surface area (Å²) in [7, 11) is 0. The number of hydrogen-bond donors (Lipinski definition) is 2. The maximum atomic E-state index is 11.9. The van der Waals surface area contributed by atoms with E-state index in [2.05, 4.69) is 10.3 Å². The second-order valence-corrected chi connectivity index (χ2v) is 4.41. The van der Waals surface area contributed by atoms with Crippen LogP contribution in [-0.2, 0) is 17.8 Å². The molecule has 3 aromatic rings. The molecule has 0 atom stereocenters. The number of para-hydroxylation sites is 1. The number of hydrogen-bond acceptors (Lipinski definition) is 2. The van der Waals surface area contributed by atoms with Gasteiger partial charge in [0, 0.05) is 22.8 Å². The van der Waals surface area contributed by atoms with Crippen molar-refractivity contribution in [2.75, 3.05) is 0 Å². The van der Waals surface area contributed by atoms with E-state index in [1.165, 1.54) is 0 Å². The Hall–Kier alpha value is -2.49. The largest absolute Gasteiger partial charge is 0.464 e. The Labute approximate surface area is 110 Å². The van der Waals surface area contributed by atoms with Gasteiger partial charge in [-0.1, -0.05) is 18.2 Å². The van der Waals surface area contributed by atoms with Gasteiger partial charge in [0.2, 0.25) is 5.91 Å². The van der Waals surface area contributed by atoms with Crippen LogP contribution < -0.4 is 5.32 Å². The van der Waals surface area contributed by atoms with Crippen molar-refractivity contribution in [3.8, 4) is 0 Å². The average Bonchev–Trinajstić information content (AvgIpc) is 3.07. The van der Waals surface area contributed by atoms with Gasteiger partial charge in [-0.25, -0.2) is 0 Å². The Morgan fingerprint density at radius 1 is 1.21 bits per heavy atom. The number of aromatic amines is 1. The number of H-pyrrole nitrogens is 1. The lowest BCUT2D eigenvalue weighted by Gasteiger charge is -2.02. The number of fused-ring (bicyclic) bond motifs is 1. The molecule has 2 aromatic heterocycles. The van der Waals surface area contributed by atoms with Crippen LogP contribution in [0.1, 0.15) is 11.3 Å². The van der Waals surface area contributed by atoms with Crippen molar-refractivity contribution in [3.05, 3.63) is 60.1 Å². The minimum absolute atomic E-state index is 0.0128. The van der Waals surface area contributed by atoms with E-state index in [1.807, 2.05) is 42.6 Å². The van der Waals surface area contributed by atoms with Crippen molar-refractivity contribution in [1.29, 1.82) is 0 Å². The SMILES string of the molecule is O=C(Cc1coc2ccccc12)NCc1ccc[nH]1. The van der Waals surface area contributed by atoms with Gasteiger partial charge in [0.1, 0.15) is 5.58 Å². The zero-order valence-corrected chi connectivity index (χ0v) is 10.3. The van der Waals surface area contributed by atoms with Crippen molar-refractivity contribution in [2.24, 2.45) is 0 Å². The standard InChI is InChI=1S/C15H14N2O2/c18-15(17-9-12-4-3-7-16-12)8-11-10-19-14-6-2-1-5-13(11)14/h1-7,10,16H,8-9H2,(H,17,18). The number of benzene rings is 1. The molecule has 96 valence electrons. The normalized spacial score (nSPS) is 10.7. The second-order valence-electron chi connectivity index (χ2n) is 4.41. The summed E-state index contributed by atoms with van der Waals surface area (Å²) >= 11 is 0. The van der Waals surface area contributed by atoms with Crippen molar-refractivity contribution < 1.29 is 9.21 Å². The molecule has 0 saturated heterocycles. The Morgan fingerprint density at radius 3 is 2.95 bits per heavy atom. The van der Waals surface area contributed by atoms with Crippen LogP contribution in [0.2, 0.25) is 0 Å². The highest BCUT2D eigenvalue weighted by molar-refractivity contribution is 5.87. The number of rotatable bonds is 4. The van der Waals surface area contributed by atoms with Crippen LogP contribution in [0.25, 0.3) is 11.0 Å².